The number of aliphatic carboxylic acids is 6. The van der Waals surface area contributed by atoms with Gasteiger partial charge in [-0.05, 0) is 122 Å². The highest BCUT2D eigenvalue weighted by molar-refractivity contribution is 5.91. The van der Waals surface area contributed by atoms with E-state index in [9.17, 15) is 48.3 Å². The lowest BCUT2D eigenvalue weighted by Gasteiger charge is -2.15. The SMILES string of the molecule is CC(C)C[C@H](N)C(=O)O.CC(C)C[C@H](N)C(=O)OC(=O)[C@@H](N)Cc1ccc(O)cc1.CC[C@H](C)[C@H](N)C(=O)O.CC[C@H](C)[C@H](N)C(=O)O.NC(N)=NCCC[C@H](N)C(=O)Oc1ccc(C[C@H](N)C(=O)O)cc1.N[C@@H](Cc1ccccc1)C(=O)O.N[C@@H](Cc1ccccc1)C(=O)O. The van der Waals surface area contributed by atoms with Crippen LogP contribution in [0.15, 0.2) is 114 Å². The van der Waals surface area contributed by atoms with Gasteiger partial charge in [-0.1, -0.05) is 153 Å². The summed E-state index contributed by atoms with van der Waals surface area (Å²) in [6.07, 6.45) is 4.74. The highest BCUT2D eigenvalue weighted by atomic mass is 16.6. The van der Waals surface area contributed by atoms with Gasteiger partial charge in [0.25, 0.3) is 0 Å². The molecule has 0 aliphatic heterocycles. The van der Waals surface area contributed by atoms with Gasteiger partial charge in [-0.25, -0.2) is 14.4 Å². The average molecular weight is 1360 g/mol. The summed E-state index contributed by atoms with van der Waals surface area (Å²) in [5.41, 5.74) is 62.8. The first-order valence-corrected chi connectivity index (χ1v) is 30.8. The van der Waals surface area contributed by atoms with Crippen LogP contribution >= 0.6 is 0 Å². The van der Waals surface area contributed by atoms with Gasteiger partial charge < -0.3 is 108 Å². The Morgan fingerprint density at radius 1 is 0.406 bits per heavy atom. The topological polar surface area (TPSA) is 612 Å². The summed E-state index contributed by atoms with van der Waals surface area (Å²) in [6.45, 7) is 15.6. The third-order valence-corrected chi connectivity index (χ3v) is 13.5. The molecule has 0 saturated carbocycles. The molecule has 4 aromatic carbocycles. The second-order valence-corrected chi connectivity index (χ2v) is 23.1. The monoisotopic (exact) mass is 1350 g/mol. The summed E-state index contributed by atoms with van der Waals surface area (Å²) >= 11 is 0. The molecule has 0 spiro atoms. The molecule has 0 fully saturated rings. The third-order valence-electron chi connectivity index (χ3n) is 13.5. The van der Waals surface area contributed by atoms with Crippen molar-refractivity contribution < 1.29 is 88.4 Å². The molecule has 96 heavy (non-hydrogen) atoms. The molecule has 4 aromatic rings. The number of aromatic hydroxyl groups is 1. The van der Waals surface area contributed by atoms with Gasteiger partial charge in [0, 0.05) is 6.54 Å². The molecule has 30 nitrogen and oxygen atoms in total. The van der Waals surface area contributed by atoms with Crippen LogP contribution in [0.25, 0.3) is 0 Å². The Labute approximate surface area is 561 Å². The minimum Gasteiger partial charge on any atom is -0.508 e. The van der Waals surface area contributed by atoms with E-state index in [0.717, 1.165) is 35.1 Å². The molecule has 0 aromatic heterocycles. The van der Waals surface area contributed by atoms with Crippen molar-refractivity contribution in [2.24, 2.45) is 91.7 Å². The molecule has 538 valence electrons. The molecule has 0 radical (unpaired) electrons. The van der Waals surface area contributed by atoms with E-state index in [1.54, 1.807) is 36.4 Å². The lowest BCUT2D eigenvalue weighted by Crippen LogP contribution is -2.41. The van der Waals surface area contributed by atoms with E-state index in [0.29, 0.717) is 56.7 Å². The molecule has 0 saturated heterocycles. The molecule has 0 unspecified atom stereocenters. The van der Waals surface area contributed by atoms with Crippen molar-refractivity contribution in [1.29, 1.82) is 0 Å². The molecule has 4 rings (SSSR count). The fraction of sp³-hybridized carbons (Fsp3) is 0.485. The predicted octanol–water partition coefficient (Wildman–Crippen LogP) is 2.25. The quantitative estimate of drug-likeness (QED) is 0.00889. The van der Waals surface area contributed by atoms with Gasteiger partial charge in [0.05, 0.1) is 0 Å². The van der Waals surface area contributed by atoms with E-state index in [1.165, 1.54) is 12.1 Å². The Morgan fingerprint density at radius 3 is 1.03 bits per heavy atom. The highest BCUT2D eigenvalue weighted by Crippen LogP contribution is 2.16. The predicted molar refractivity (Wildman–Crippen MR) is 364 cm³/mol. The number of guanidine groups is 1. The van der Waals surface area contributed by atoms with E-state index in [2.05, 4.69) is 4.99 Å². The first-order chi connectivity index (χ1) is 44.7. The number of rotatable bonds is 30. The van der Waals surface area contributed by atoms with Crippen LogP contribution in [0.2, 0.25) is 0 Å². The normalized spacial score (nSPS) is 13.8. The first-order valence-electron chi connectivity index (χ1n) is 30.8. The number of ether oxygens (including phenoxy) is 2. The number of carbonyl (C=O) groups excluding carboxylic acids is 3. The van der Waals surface area contributed by atoms with Crippen LogP contribution in [0.3, 0.4) is 0 Å². The van der Waals surface area contributed by atoms with Crippen LogP contribution in [-0.4, -0.2) is 156 Å². The number of carbonyl (C=O) groups is 9. The van der Waals surface area contributed by atoms with E-state index in [4.69, 9.17) is 103 Å². The largest absolute Gasteiger partial charge is 0.508 e. The molecule has 29 N–H and O–H groups in total. The number of phenolic OH excluding ortho intramolecular Hbond substituents is 1. The van der Waals surface area contributed by atoms with Crippen LogP contribution in [0.1, 0.15) is 116 Å². The second kappa shape index (κ2) is 51.4. The Bertz CT molecular complexity index is 2820. The Kier molecular flexibility index (Phi) is 48.8. The summed E-state index contributed by atoms with van der Waals surface area (Å²) in [6, 6.07) is 24.2. The molecule has 0 aliphatic rings. The van der Waals surface area contributed by atoms with Gasteiger partial charge in [0.1, 0.15) is 65.9 Å². The minimum atomic E-state index is -1.07. The van der Waals surface area contributed by atoms with Crippen molar-refractivity contribution in [1.82, 2.24) is 0 Å². The summed E-state index contributed by atoms with van der Waals surface area (Å²) in [4.78, 5) is 101. The van der Waals surface area contributed by atoms with Crippen molar-refractivity contribution in [3.8, 4) is 11.5 Å². The van der Waals surface area contributed by atoms with Gasteiger partial charge in [-0.3, -0.25) is 33.8 Å². The maximum Gasteiger partial charge on any atom is 0.330 e. The minimum absolute atomic E-state index is 0.00569. The number of benzene rings is 4. The van der Waals surface area contributed by atoms with Crippen LogP contribution in [-0.2, 0) is 73.6 Å². The van der Waals surface area contributed by atoms with Gasteiger partial charge in [-0.2, -0.15) is 0 Å². The first kappa shape index (κ1) is 91.2. The fourth-order valence-electron chi connectivity index (χ4n) is 7.20. The number of aliphatic imine (C=N–C) groups is 1. The zero-order valence-corrected chi connectivity index (χ0v) is 56.1. The molecular weight excluding hydrogens is 1250 g/mol. The van der Waals surface area contributed by atoms with Crippen LogP contribution in [0.4, 0.5) is 0 Å². The van der Waals surface area contributed by atoms with Gasteiger partial charge in [-0.15, -0.1) is 0 Å². The maximum absolute atomic E-state index is 11.9. The van der Waals surface area contributed by atoms with E-state index < -0.39 is 108 Å². The van der Waals surface area contributed by atoms with Crippen LogP contribution in [0, 0.1) is 23.7 Å². The Morgan fingerprint density at radius 2 is 0.729 bits per heavy atom. The molecule has 0 heterocycles. The summed E-state index contributed by atoms with van der Waals surface area (Å²) in [5, 5.41) is 60.0. The highest BCUT2D eigenvalue weighted by Gasteiger charge is 2.25. The van der Waals surface area contributed by atoms with E-state index in [-0.39, 0.29) is 42.3 Å². The average Bonchev–Trinajstić information content (AvgIpc) is 1.56. The number of hydrogen-bond donors (Lipinski definition) is 18. The Hall–Kier alpha value is -8.98. The van der Waals surface area contributed by atoms with E-state index in [1.807, 2.05) is 116 Å². The second-order valence-electron chi connectivity index (χ2n) is 23.1. The maximum atomic E-state index is 11.9. The molecule has 0 bridgehead atoms. The number of nitrogens with two attached hydrogens (primary N) is 11. The number of carboxylic acid groups (broad SMARTS) is 6. The lowest BCUT2D eigenvalue weighted by atomic mass is 10.0. The van der Waals surface area contributed by atoms with Crippen molar-refractivity contribution in [2.45, 2.75) is 174 Å². The van der Waals surface area contributed by atoms with Gasteiger partial charge >= 0.3 is 53.7 Å². The van der Waals surface area contributed by atoms with Crippen molar-refractivity contribution in [2.75, 3.05) is 6.54 Å². The summed E-state index contributed by atoms with van der Waals surface area (Å²) in [7, 11) is 0. The van der Waals surface area contributed by atoms with Crippen molar-refractivity contribution >= 4 is 59.7 Å². The Balaban J connectivity index is -0.00000109. The lowest BCUT2D eigenvalue weighted by molar-refractivity contribution is -0.162. The fourth-order valence-corrected chi connectivity index (χ4v) is 7.20. The molecular formula is C66H106N12O18. The van der Waals surface area contributed by atoms with E-state index >= 15 is 0 Å². The molecule has 11 atom stereocenters. The number of nitrogens with zero attached hydrogens (tertiary/aromatic N) is 1. The number of phenols is 1. The smallest absolute Gasteiger partial charge is 0.330 e. The number of carboxylic acids is 6. The van der Waals surface area contributed by atoms with Crippen LogP contribution in [0.5, 0.6) is 11.5 Å². The third kappa shape index (κ3) is 46.2. The number of hydrogen-bond acceptors (Lipinski definition) is 22. The standard InChI is InChI=1S/C15H23N5O4.C15H22N2O4.2C9H11NO2.3C6H13NO2/c16-11(2-1-7-20-15(18)19)14(23)24-10-5-3-9(4-6-10)8-12(17)13(21)22;1-9(2)7-12(16)14(19)21-15(20)13(17)8-10-3-5-11(18)6-4-10;2*10-8(9(11)12)6-7-4-2-1-3-5-7;1-4(2)3-5(7)6(8)9;2*1-3-4(2)5(7)6(8)9/h3-6,11-12H,1-2,7-8,16-17H2,(H,21,22)(H4,18,19,20);3-6,9,12-13,18H,7-8,16-17H2,1-2H3;2*1-5,8H,6,10H2,(H,11,12);3*4-5H,3,7H2,1-2H3,(H,8,9)/t11-,12-;12-,13-;2*8-;5-;2*4-,5-/m0000000/s1. The molecule has 0 amide bonds. The zero-order valence-electron chi connectivity index (χ0n) is 56.1. The van der Waals surface area contributed by atoms with Crippen molar-refractivity contribution in [3.05, 3.63) is 131 Å². The number of esters is 3. The summed E-state index contributed by atoms with van der Waals surface area (Å²) in [5.74, 6) is -6.66. The van der Waals surface area contributed by atoms with Gasteiger partial charge in [0.15, 0.2) is 5.96 Å². The van der Waals surface area contributed by atoms with Gasteiger partial charge in [0.2, 0.25) is 0 Å². The molecule has 30 heteroatoms. The zero-order chi connectivity index (χ0) is 74.4. The van der Waals surface area contributed by atoms with Crippen LogP contribution < -0.4 is 67.8 Å². The van der Waals surface area contributed by atoms with Crippen molar-refractivity contribution in [3.63, 3.8) is 0 Å². The summed E-state index contributed by atoms with van der Waals surface area (Å²) < 4.78 is 9.86. The molecule has 0 aliphatic carbocycles.